The summed E-state index contributed by atoms with van der Waals surface area (Å²) < 4.78 is 16.7. The van der Waals surface area contributed by atoms with Crippen LogP contribution in [-0.2, 0) is 9.59 Å². The Labute approximate surface area is 227 Å². The summed E-state index contributed by atoms with van der Waals surface area (Å²) in [5, 5.41) is 11.9. The number of rotatable bonds is 7. The van der Waals surface area contributed by atoms with Crippen LogP contribution in [0.4, 0.5) is 5.69 Å². The van der Waals surface area contributed by atoms with Gasteiger partial charge in [-0.15, -0.1) is 0 Å². The minimum absolute atomic E-state index is 0.0801. The first-order valence-electron chi connectivity index (χ1n) is 12.2. The molecule has 1 unspecified atom stereocenters. The minimum Gasteiger partial charge on any atom is -0.507 e. The van der Waals surface area contributed by atoms with Crippen molar-refractivity contribution in [3.05, 3.63) is 86.9 Å². The van der Waals surface area contributed by atoms with Gasteiger partial charge in [-0.3, -0.25) is 14.5 Å². The number of halogens is 1. The molecule has 1 atom stereocenters. The van der Waals surface area contributed by atoms with E-state index in [0.717, 1.165) is 16.7 Å². The van der Waals surface area contributed by atoms with Crippen molar-refractivity contribution in [3.63, 3.8) is 0 Å². The van der Waals surface area contributed by atoms with E-state index in [1.54, 1.807) is 30.3 Å². The highest BCUT2D eigenvalue weighted by Gasteiger charge is 2.48. The normalized spacial score (nSPS) is 16.6. The Bertz CT molecular complexity index is 1460. The van der Waals surface area contributed by atoms with Crippen molar-refractivity contribution in [2.45, 2.75) is 33.7 Å². The number of benzene rings is 3. The predicted molar refractivity (Wildman–Crippen MR) is 148 cm³/mol. The molecule has 1 heterocycles. The first-order chi connectivity index (χ1) is 18.1. The molecule has 0 aliphatic carbocycles. The van der Waals surface area contributed by atoms with Gasteiger partial charge in [-0.2, -0.15) is 0 Å². The van der Waals surface area contributed by atoms with Crippen molar-refractivity contribution in [1.82, 2.24) is 0 Å². The number of nitrogens with zero attached hydrogens (tertiary/aromatic N) is 1. The molecule has 3 aromatic carbocycles. The number of amides is 1. The smallest absolute Gasteiger partial charge is 0.300 e. The quantitative estimate of drug-likeness (QED) is 0.217. The summed E-state index contributed by atoms with van der Waals surface area (Å²) in [7, 11) is 2.96. The molecule has 0 radical (unpaired) electrons. The molecule has 198 valence electrons. The van der Waals surface area contributed by atoms with Gasteiger partial charge in [0.1, 0.15) is 11.5 Å². The summed E-state index contributed by atoms with van der Waals surface area (Å²) in [5.41, 5.74) is 3.75. The second-order valence-electron chi connectivity index (χ2n) is 9.13. The van der Waals surface area contributed by atoms with Gasteiger partial charge in [0.25, 0.3) is 11.7 Å². The number of carbonyl (C=O) groups excluding carboxylic acids is 2. The fourth-order valence-corrected chi connectivity index (χ4v) is 5.12. The van der Waals surface area contributed by atoms with E-state index in [1.165, 1.54) is 19.1 Å². The van der Waals surface area contributed by atoms with Crippen LogP contribution >= 0.6 is 11.6 Å². The summed E-state index contributed by atoms with van der Waals surface area (Å²) in [6, 6.07) is 13.3. The number of ketones is 1. The average molecular weight is 536 g/mol. The fraction of sp³-hybridized carbons (Fsp3) is 0.267. The van der Waals surface area contributed by atoms with Crippen molar-refractivity contribution in [2.24, 2.45) is 0 Å². The lowest BCUT2D eigenvalue weighted by molar-refractivity contribution is -0.132. The molecule has 1 saturated heterocycles. The Kier molecular flexibility index (Phi) is 7.69. The zero-order valence-electron chi connectivity index (χ0n) is 22.2. The topological polar surface area (TPSA) is 85.3 Å². The van der Waals surface area contributed by atoms with E-state index in [-0.39, 0.29) is 27.7 Å². The molecular formula is C30H30ClNO6. The van der Waals surface area contributed by atoms with Gasteiger partial charge < -0.3 is 19.3 Å². The Morgan fingerprint density at radius 3 is 2.34 bits per heavy atom. The molecule has 7 nitrogen and oxygen atoms in total. The molecule has 3 aromatic rings. The van der Waals surface area contributed by atoms with Gasteiger partial charge in [0.05, 0.1) is 43.0 Å². The molecule has 8 heteroatoms. The van der Waals surface area contributed by atoms with Crippen molar-refractivity contribution in [3.8, 4) is 17.2 Å². The SMILES string of the molecule is CCOc1cc(C2/C(=C(\O)c3cc(C)cc(Cl)c3OC)C(=O)C(=O)N2c2cc(C)ccc2C)ccc1OC. The van der Waals surface area contributed by atoms with Crippen LogP contribution in [0.3, 0.4) is 0 Å². The van der Waals surface area contributed by atoms with Crippen molar-refractivity contribution >= 4 is 34.7 Å². The molecule has 1 N–H and O–H groups in total. The van der Waals surface area contributed by atoms with E-state index >= 15 is 0 Å². The Balaban J connectivity index is 2.06. The summed E-state index contributed by atoms with van der Waals surface area (Å²) in [6.45, 7) is 7.83. The highest BCUT2D eigenvalue weighted by atomic mass is 35.5. The van der Waals surface area contributed by atoms with Crippen LogP contribution in [0.1, 0.15) is 40.8 Å². The van der Waals surface area contributed by atoms with E-state index in [1.807, 2.05) is 45.9 Å². The molecule has 0 saturated carbocycles. The number of hydrogen-bond donors (Lipinski definition) is 1. The number of methoxy groups -OCH3 is 2. The van der Waals surface area contributed by atoms with Crippen LogP contribution < -0.4 is 19.1 Å². The number of aliphatic hydroxyl groups is 1. The summed E-state index contributed by atoms with van der Waals surface area (Å²) in [5.74, 6) is -0.783. The summed E-state index contributed by atoms with van der Waals surface area (Å²) in [6.07, 6.45) is 0. The number of hydrogen-bond acceptors (Lipinski definition) is 6. The zero-order chi connectivity index (χ0) is 27.7. The molecule has 1 aliphatic heterocycles. The fourth-order valence-electron chi connectivity index (χ4n) is 4.76. The maximum absolute atomic E-state index is 13.6. The molecule has 1 fully saturated rings. The third kappa shape index (κ3) is 4.70. The predicted octanol–water partition coefficient (Wildman–Crippen LogP) is 6.31. The maximum atomic E-state index is 13.6. The van der Waals surface area contributed by atoms with Crippen LogP contribution in [0.2, 0.25) is 5.02 Å². The highest BCUT2D eigenvalue weighted by molar-refractivity contribution is 6.52. The average Bonchev–Trinajstić information content (AvgIpc) is 3.15. The zero-order valence-corrected chi connectivity index (χ0v) is 23.0. The van der Waals surface area contributed by atoms with E-state index in [4.69, 9.17) is 25.8 Å². The molecule has 0 bridgehead atoms. The monoisotopic (exact) mass is 535 g/mol. The molecule has 1 amide bonds. The van der Waals surface area contributed by atoms with Gasteiger partial charge in [-0.1, -0.05) is 29.8 Å². The van der Waals surface area contributed by atoms with Crippen LogP contribution in [0.25, 0.3) is 5.76 Å². The van der Waals surface area contributed by atoms with Crippen LogP contribution in [0.5, 0.6) is 17.2 Å². The highest BCUT2D eigenvalue weighted by Crippen LogP contribution is 2.46. The van der Waals surface area contributed by atoms with Gasteiger partial charge in [0.15, 0.2) is 11.5 Å². The van der Waals surface area contributed by atoms with Gasteiger partial charge in [-0.05, 0) is 80.3 Å². The second kappa shape index (κ2) is 10.8. The first kappa shape index (κ1) is 27.1. The molecule has 1 aliphatic rings. The van der Waals surface area contributed by atoms with Crippen molar-refractivity contribution < 1.29 is 28.9 Å². The molecule has 0 aromatic heterocycles. The lowest BCUT2D eigenvalue weighted by atomic mass is 9.93. The van der Waals surface area contributed by atoms with E-state index in [0.29, 0.717) is 29.4 Å². The third-order valence-corrected chi connectivity index (χ3v) is 6.80. The van der Waals surface area contributed by atoms with Crippen LogP contribution in [0.15, 0.2) is 54.1 Å². The number of ether oxygens (including phenoxy) is 3. The molecule has 0 spiro atoms. The number of carbonyl (C=O) groups is 2. The standard InChI is InChI=1S/C30H30ClNO6/c1-7-38-24-15-19(10-11-23(24)36-5)26-25(27(33)20-12-17(3)13-21(31)29(20)37-6)28(34)30(35)32(26)22-14-16(2)8-9-18(22)4/h8-15,26,33H,7H2,1-6H3/b27-25+. The van der Waals surface area contributed by atoms with Gasteiger partial charge in [-0.25, -0.2) is 0 Å². The lowest BCUT2D eigenvalue weighted by Gasteiger charge is -2.28. The van der Waals surface area contributed by atoms with E-state index < -0.39 is 17.7 Å². The lowest BCUT2D eigenvalue weighted by Crippen LogP contribution is -2.30. The molecule has 38 heavy (non-hydrogen) atoms. The molecule has 4 rings (SSSR count). The Morgan fingerprint density at radius 1 is 0.947 bits per heavy atom. The van der Waals surface area contributed by atoms with Gasteiger partial charge in [0.2, 0.25) is 0 Å². The van der Waals surface area contributed by atoms with Crippen molar-refractivity contribution in [2.75, 3.05) is 25.7 Å². The van der Waals surface area contributed by atoms with Gasteiger partial charge >= 0.3 is 0 Å². The number of aryl methyl sites for hydroxylation is 3. The maximum Gasteiger partial charge on any atom is 0.300 e. The van der Waals surface area contributed by atoms with Crippen LogP contribution in [0, 0.1) is 20.8 Å². The molecular weight excluding hydrogens is 506 g/mol. The minimum atomic E-state index is -0.954. The third-order valence-electron chi connectivity index (χ3n) is 6.52. The number of aliphatic hydroxyl groups excluding tert-OH is 1. The van der Waals surface area contributed by atoms with Crippen LogP contribution in [-0.4, -0.2) is 37.6 Å². The Morgan fingerprint density at radius 2 is 1.68 bits per heavy atom. The van der Waals surface area contributed by atoms with Crippen molar-refractivity contribution in [1.29, 1.82) is 0 Å². The van der Waals surface area contributed by atoms with E-state index in [2.05, 4.69) is 0 Å². The van der Waals surface area contributed by atoms with E-state index in [9.17, 15) is 14.7 Å². The van der Waals surface area contributed by atoms with Gasteiger partial charge in [0, 0.05) is 5.69 Å². The Hall–Kier alpha value is -3.97. The summed E-state index contributed by atoms with van der Waals surface area (Å²) in [4.78, 5) is 28.7. The second-order valence-corrected chi connectivity index (χ2v) is 9.54. The number of anilines is 1. The first-order valence-corrected chi connectivity index (χ1v) is 12.5. The summed E-state index contributed by atoms with van der Waals surface area (Å²) >= 11 is 6.40. The number of Topliss-reactive ketones (excluding diaryl/α,β-unsaturated/α-hetero) is 1. The largest absolute Gasteiger partial charge is 0.507 e.